The minimum absolute atomic E-state index is 0.254. The first-order valence-corrected chi connectivity index (χ1v) is 8.26. The molecule has 0 aliphatic carbocycles. The van der Waals surface area contributed by atoms with Crippen molar-refractivity contribution in [1.29, 1.82) is 0 Å². The summed E-state index contributed by atoms with van der Waals surface area (Å²) < 4.78 is 27.6. The van der Waals surface area contributed by atoms with Crippen LogP contribution >= 0.6 is 15.9 Å². The molecule has 1 aromatic rings. The van der Waals surface area contributed by atoms with Crippen molar-refractivity contribution in [2.75, 3.05) is 13.1 Å². The Balaban J connectivity index is 2.09. The zero-order chi connectivity index (χ0) is 13.2. The topological polar surface area (TPSA) is 58.2 Å². The Morgan fingerprint density at radius 3 is 2.89 bits per heavy atom. The third-order valence-electron chi connectivity index (χ3n) is 3.06. The van der Waals surface area contributed by atoms with Crippen molar-refractivity contribution in [1.82, 2.24) is 10.0 Å². The Bertz CT molecular complexity index is 525. The maximum absolute atomic E-state index is 12.2. The van der Waals surface area contributed by atoms with Crippen LogP contribution in [0.25, 0.3) is 0 Å². The van der Waals surface area contributed by atoms with Crippen molar-refractivity contribution < 1.29 is 8.42 Å². The van der Waals surface area contributed by atoms with Crippen molar-refractivity contribution in [3.63, 3.8) is 0 Å². The summed E-state index contributed by atoms with van der Waals surface area (Å²) in [5.41, 5.74) is 1.03. The Morgan fingerprint density at radius 2 is 2.28 bits per heavy atom. The van der Waals surface area contributed by atoms with Crippen LogP contribution in [0.1, 0.15) is 18.4 Å². The summed E-state index contributed by atoms with van der Waals surface area (Å²) in [6, 6.07) is 5.49. The van der Waals surface area contributed by atoms with E-state index in [0.29, 0.717) is 15.9 Å². The zero-order valence-electron chi connectivity index (χ0n) is 10.2. The molecule has 1 fully saturated rings. The van der Waals surface area contributed by atoms with Gasteiger partial charge in [0.15, 0.2) is 0 Å². The predicted octanol–water partition coefficient (Wildman–Crippen LogP) is 1.79. The van der Waals surface area contributed by atoms with Gasteiger partial charge < -0.3 is 5.32 Å². The molecule has 0 bridgehead atoms. The van der Waals surface area contributed by atoms with Crippen LogP contribution in [0.5, 0.6) is 0 Å². The Labute approximate surface area is 116 Å². The highest BCUT2D eigenvalue weighted by Crippen LogP contribution is 2.22. The molecule has 4 nitrogen and oxygen atoms in total. The number of rotatable bonds is 4. The number of sulfonamides is 1. The van der Waals surface area contributed by atoms with E-state index in [-0.39, 0.29) is 6.04 Å². The first kappa shape index (κ1) is 14.0. The molecule has 0 spiro atoms. The van der Waals surface area contributed by atoms with E-state index in [1.807, 2.05) is 13.0 Å². The lowest BCUT2D eigenvalue weighted by atomic mass is 10.2. The highest BCUT2D eigenvalue weighted by molar-refractivity contribution is 9.10. The van der Waals surface area contributed by atoms with Gasteiger partial charge in [-0.2, -0.15) is 0 Å². The number of benzene rings is 1. The monoisotopic (exact) mass is 332 g/mol. The second-order valence-corrected chi connectivity index (χ2v) is 7.17. The number of hydrogen-bond donors (Lipinski definition) is 2. The predicted molar refractivity (Wildman–Crippen MR) is 75.1 cm³/mol. The van der Waals surface area contributed by atoms with E-state index in [4.69, 9.17) is 0 Å². The second-order valence-electron chi connectivity index (χ2n) is 4.58. The molecule has 6 heteroatoms. The minimum Gasteiger partial charge on any atom is -0.313 e. The maximum atomic E-state index is 12.2. The molecule has 1 aliphatic heterocycles. The third-order valence-corrected chi connectivity index (χ3v) is 5.46. The number of halogens is 1. The Hall–Kier alpha value is -0.430. The molecule has 0 aromatic heterocycles. The van der Waals surface area contributed by atoms with Crippen LogP contribution in [-0.4, -0.2) is 27.5 Å². The second kappa shape index (κ2) is 5.69. The standard InChI is InChI=1S/C12H17BrN2O2S/c1-9-4-5-12(11(13)7-9)18(16,17)15-8-10-3-2-6-14-10/h4-5,7,10,14-15H,2-3,6,8H2,1H3/t10-/m0/s1. The molecule has 1 heterocycles. The van der Waals surface area contributed by atoms with Gasteiger partial charge >= 0.3 is 0 Å². The van der Waals surface area contributed by atoms with E-state index in [9.17, 15) is 8.42 Å². The van der Waals surface area contributed by atoms with E-state index >= 15 is 0 Å². The lowest BCUT2D eigenvalue weighted by Gasteiger charge is -2.13. The van der Waals surface area contributed by atoms with Crippen LogP contribution < -0.4 is 10.0 Å². The molecule has 1 atom stereocenters. The molecule has 2 rings (SSSR count). The summed E-state index contributed by atoms with van der Waals surface area (Å²) in [6.45, 7) is 3.35. The molecule has 0 amide bonds. The van der Waals surface area contributed by atoms with Gasteiger partial charge in [0.1, 0.15) is 0 Å². The highest BCUT2D eigenvalue weighted by Gasteiger charge is 2.20. The molecule has 0 radical (unpaired) electrons. The molecule has 1 aromatic carbocycles. The molecule has 0 unspecified atom stereocenters. The van der Waals surface area contributed by atoms with Crippen LogP contribution in [-0.2, 0) is 10.0 Å². The van der Waals surface area contributed by atoms with Crippen molar-refractivity contribution in [2.45, 2.75) is 30.7 Å². The van der Waals surface area contributed by atoms with Gasteiger partial charge in [0.2, 0.25) is 10.0 Å². The fourth-order valence-electron chi connectivity index (χ4n) is 2.04. The average Bonchev–Trinajstić information content (AvgIpc) is 2.78. The van der Waals surface area contributed by atoms with E-state index in [0.717, 1.165) is 24.9 Å². The van der Waals surface area contributed by atoms with Gasteiger partial charge in [-0.05, 0) is 59.9 Å². The molecular weight excluding hydrogens is 316 g/mol. The third kappa shape index (κ3) is 3.32. The lowest BCUT2D eigenvalue weighted by molar-refractivity contribution is 0.551. The van der Waals surface area contributed by atoms with E-state index in [1.54, 1.807) is 12.1 Å². The summed E-state index contributed by atoms with van der Waals surface area (Å²) in [6.07, 6.45) is 2.14. The molecule has 2 N–H and O–H groups in total. The Morgan fingerprint density at radius 1 is 1.50 bits per heavy atom. The van der Waals surface area contributed by atoms with E-state index < -0.39 is 10.0 Å². The van der Waals surface area contributed by atoms with Crippen molar-refractivity contribution in [3.8, 4) is 0 Å². The number of aryl methyl sites for hydroxylation is 1. The zero-order valence-corrected chi connectivity index (χ0v) is 12.6. The summed E-state index contributed by atoms with van der Waals surface area (Å²) in [7, 11) is -3.43. The quantitative estimate of drug-likeness (QED) is 0.883. The summed E-state index contributed by atoms with van der Waals surface area (Å²) >= 11 is 3.30. The van der Waals surface area contributed by atoms with Crippen LogP contribution in [0.4, 0.5) is 0 Å². The number of nitrogens with one attached hydrogen (secondary N) is 2. The molecule has 1 aliphatic rings. The van der Waals surface area contributed by atoms with Crippen molar-refractivity contribution in [2.24, 2.45) is 0 Å². The smallest absolute Gasteiger partial charge is 0.241 e. The van der Waals surface area contributed by atoms with Gasteiger partial charge in [-0.25, -0.2) is 13.1 Å². The molecule has 18 heavy (non-hydrogen) atoms. The first-order chi connectivity index (χ1) is 8.49. The first-order valence-electron chi connectivity index (χ1n) is 5.98. The molecule has 100 valence electrons. The van der Waals surface area contributed by atoms with Crippen molar-refractivity contribution >= 4 is 26.0 Å². The maximum Gasteiger partial charge on any atom is 0.241 e. The highest BCUT2D eigenvalue weighted by atomic mass is 79.9. The largest absolute Gasteiger partial charge is 0.313 e. The fraction of sp³-hybridized carbons (Fsp3) is 0.500. The van der Waals surface area contributed by atoms with Gasteiger partial charge in [-0.15, -0.1) is 0 Å². The Kier molecular flexibility index (Phi) is 4.42. The SMILES string of the molecule is Cc1ccc(S(=O)(=O)NC[C@@H]2CCCN2)c(Br)c1. The fourth-order valence-corrected chi connectivity index (χ4v) is 4.31. The normalized spacial score (nSPS) is 20.2. The van der Waals surface area contributed by atoms with Gasteiger partial charge in [0.25, 0.3) is 0 Å². The van der Waals surface area contributed by atoms with Gasteiger partial charge in [-0.1, -0.05) is 6.07 Å². The molecule has 1 saturated heterocycles. The van der Waals surface area contributed by atoms with Gasteiger partial charge in [-0.3, -0.25) is 0 Å². The average molecular weight is 333 g/mol. The molecular formula is C12H17BrN2O2S. The lowest BCUT2D eigenvalue weighted by Crippen LogP contribution is -2.37. The van der Waals surface area contributed by atoms with Crippen molar-refractivity contribution in [3.05, 3.63) is 28.2 Å². The summed E-state index contributed by atoms with van der Waals surface area (Å²) in [4.78, 5) is 0.297. The van der Waals surface area contributed by atoms with E-state index in [2.05, 4.69) is 26.0 Å². The van der Waals surface area contributed by atoms with Gasteiger partial charge in [0.05, 0.1) is 4.90 Å². The minimum atomic E-state index is -3.43. The van der Waals surface area contributed by atoms with E-state index in [1.165, 1.54) is 0 Å². The summed E-state index contributed by atoms with van der Waals surface area (Å²) in [5, 5.41) is 3.27. The van der Waals surface area contributed by atoms with Crippen LogP contribution in [0.2, 0.25) is 0 Å². The summed E-state index contributed by atoms with van der Waals surface area (Å²) in [5.74, 6) is 0. The van der Waals surface area contributed by atoms with Gasteiger partial charge in [0, 0.05) is 17.1 Å². The molecule has 0 saturated carbocycles. The van der Waals surface area contributed by atoms with Crippen LogP contribution in [0.3, 0.4) is 0 Å². The van der Waals surface area contributed by atoms with Crippen LogP contribution in [0.15, 0.2) is 27.6 Å². The number of hydrogen-bond acceptors (Lipinski definition) is 3. The van der Waals surface area contributed by atoms with Crippen LogP contribution in [0, 0.1) is 6.92 Å².